The highest BCUT2D eigenvalue weighted by Crippen LogP contribution is 2.30. The van der Waals surface area contributed by atoms with Gasteiger partial charge < -0.3 is 5.11 Å². The average molecular weight is 392 g/mol. The van der Waals surface area contributed by atoms with E-state index in [1.807, 2.05) is 54.6 Å². The minimum Gasteiger partial charge on any atom is -0.507 e. The number of anilines is 1. The molecule has 0 amide bonds. The van der Waals surface area contributed by atoms with Gasteiger partial charge in [-0.3, -0.25) is 5.43 Å². The van der Waals surface area contributed by atoms with Gasteiger partial charge in [-0.2, -0.15) is 5.10 Å². The summed E-state index contributed by atoms with van der Waals surface area (Å²) in [7, 11) is 0. The van der Waals surface area contributed by atoms with E-state index in [2.05, 4.69) is 26.5 Å². The quantitative estimate of drug-likeness (QED) is 0.283. The third-order valence-corrected chi connectivity index (χ3v) is 4.45. The molecule has 0 bridgehead atoms. The standard InChI is InChI=1S/C20H14BrN3O/c21-14-9-10-19(25)13(11-14)12-22-24-20-15-5-1-3-7-17(15)23-18-8-4-2-6-16(18)20/h1-12,25H,(H,23,24)/b22-12-. The van der Waals surface area contributed by atoms with E-state index in [4.69, 9.17) is 4.98 Å². The van der Waals surface area contributed by atoms with Gasteiger partial charge in [-0.15, -0.1) is 0 Å². The highest BCUT2D eigenvalue weighted by Gasteiger charge is 2.07. The molecule has 0 radical (unpaired) electrons. The maximum absolute atomic E-state index is 9.93. The van der Waals surface area contributed by atoms with Crippen LogP contribution in [0, 0.1) is 0 Å². The van der Waals surface area contributed by atoms with Gasteiger partial charge in [0.05, 0.1) is 22.9 Å². The van der Waals surface area contributed by atoms with Crippen molar-refractivity contribution in [2.75, 3.05) is 5.43 Å². The Kier molecular flexibility index (Phi) is 4.07. The number of benzene rings is 3. The van der Waals surface area contributed by atoms with E-state index in [0.717, 1.165) is 32.0 Å². The Morgan fingerprint density at radius 3 is 2.24 bits per heavy atom. The number of rotatable bonds is 3. The van der Waals surface area contributed by atoms with Gasteiger partial charge in [0.15, 0.2) is 0 Å². The summed E-state index contributed by atoms with van der Waals surface area (Å²) in [6.45, 7) is 0. The Morgan fingerprint density at radius 2 is 1.56 bits per heavy atom. The normalized spacial score (nSPS) is 11.4. The first kappa shape index (κ1) is 15.6. The van der Waals surface area contributed by atoms with E-state index >= 15 is 0 Å². The molecular formula is C20H14BrN3O. The summed E-state index contributed by atoms with van der Waals surface area (Å²) in [5.41, 5.74) is 6.47. The number of fused-ring (bicyclic) bond motifs is 2. The Hall–Kier alpha value is -2.92. The van der Waals surface area contributed by atoms with Crippen molar-refractivity contribution >= 4 is 49.6 Å². The number of para-hydroxylation sites is 2. The van der Waals surface area contributed by atoms with Crippen LogP contribution in [0.25, 0.3) is 21.8 Å². The largest absolute Gasteiger partial charge is 0.507 e. The third kappa shape index (κ3) is 3.06. The predicted molar refractivity (Wildman–Crippen MR) is 106 cm³/mol. The number of nitrogens with one attached hydrogen (secondary N) is 1. The topological polar surface area (TPSA) is 57.5 Å². The van der Waals surface area contributed by atoms with Gasteiger partial charge in [0, 0.05) is 20.8 Å². The summed E-state index contributed by atoms with van der Waals surface area (Å²) in [6.07, 6.45) is 1.60. The zero-order valence-corrected chi connectivity index (χ0v) is 14.7. The van der Waals surface area contributed by atoms with E-state index in [1.165, 1.54) is 0 Å². The number of halogens is 1. The molecule has 0 aliphatic rings. The summed E-state index contributed by atoms with van der Waals surface area (Å²) in [5.74, 6) is 0.179. The van der Waals surface area contributed by atoms with Crippen LogP contribution in [-0.2, 0) is 0 Å². The van der Waals surface area contributed by atoms with Crippen LogP contribution in [0.15, 0.2) is 76.3 Å². The second-order valence-electron chi connectivity index (χ2n) is 5.59. The van der Waals surface area contributed by atoms with E-state index in [1.54, 1.807) is 18.3 Å². The lowest BCUT2D eigenvalue weighted by Gasteiger charge is -2.10. The number of phenolic OH excluding ortho intramolecular Hbond substituents is 1. The lowest BCUT2D eigenvalue weighted by atomic mass is 10.1. The molecule has 1 aromatic heterocycles. The molecule has 4 rings (SSSR count). The van der Waals surface area contributed by atoms with Gasteiger partial charge in [0.1, 0.15) is 5.75 Å². The van der Waals surface area contributed by atoms with Gasteiger partial charge in [-0.25, -0.2) is 4.98 Å². The second kappa shape index (κ2) is 6.53. The zero-order valence-electron chi connectivity index (χ0n) is 13.1. The minimum absolute atomic E-state index is 0.179. The monoisotopic (exact) mass is 391 g/mol. The molecule has 1 heterocycles. The predicted octanol–water partition coefficient (Wildman–Crippen LogP) is 5.30. The number of pyridine rings is 1. The van der Waals surface area contributed by atoms with E-state index in [9.17, 15) is 5.11 Å². The van der Waals surface area contributed by atoms with Crippen LogP contribution < -0.4 is 5.43 Å². The molecule has 0 spiro atoms. The van der Waals surface area contributed by atoms with Crippen LogP contribution in [0.1, 0.15) is 5.56 Å². The van der Waals surface area contributed by atoms with Crippen molar-refractivity contribution in [2.24, 2.45) is 5.10 Å². The molecule has 0 aliphatic heterocycles. The summed E-state index contributed by atoms with van der Waals surface area (Å²) >= 11 is 3.40. The number of phenols is 1. The van der Waals surface area contributed by atoms with Crippen molar-refractivity contribution in [1.82, 2.24) is 4.98 Å². The van der Waals surface area contributed by atoms with Gasteiger partial charge in [0.2, 0.25) is 0 Å². The van der Waals surface area contributed by atoms with Crippen LogP contribution >= 0.6 is 15.9 Å². The first-order chi connectivity index (χ1) is 12.2. The average Bonchev–Trinajstić information content (AvgIpc) is 2.64. The first-order valence-corrected chi connectivity index (χ1v) is 8.57. The Balaban J connectivity index is 1.79. The molecule has 0 saturated heterocycles. The molecule has 0 unspecified atom stereocenters. The molecule has 5 heteroatoms. The smallest absolute Gasteiger partial charge is 0.124 e. The van der Waals surface area contributed by atoms with E-state index < -0.39 is 0 Å². The Labute approximate surface area is 153 Å². The first-order valence-electron chi connectivity index (χ1n) is 7.77. The van der Waals surface area contributed by atoms with Crippen molar-refractivity contribution in [3.05, 3.63) is 76.8 Å². The van der Waals surface area contributed by atoms with Crippen molar-refractivity contribution in [3.8, 4) is 5.75 Å². The molecule has 122 valence electrons. The lowest BCUT2D eigenvalue weighted by Crippen LogP contribution is -1.95. The fourth-order valence-corrected chi connectivity index (χ4v) is 3.13. The maximum Gasteiger partial charge on any atom is 0.124 e. The maximum atomic E-state index is 9.93. The number of nitrogens with zero attached hydrogens (tertiary/aromatic N) is 2. The molecular weight excluding hydrogens is 378 g/mol. The molecule has 2 N–H and O–H groups in total. The molecule has 3 aromatic carbocycles. The van der Waals surface area contributed by atoms with Crippen molar-refractivity contribution in [3.63, 3.8) is 0 Å². The van der Waals surface area contributed by atoms with Gasteiger partial charge in [0.25, 0.3) is 0 Å². The number of aromatic nitrogens is 1. The molecule has 0 fully saturated rings. The fourth-order valence-electron chi connectivity index (χ4n) is 2.76. The van der Waals surface area contributed by atoms with Gasteiger partial charge in [-0.05, 0) is 30.3 Å². The molecule has 0 atom stereocenters. The Bertz CT molecular complexity index is 1050. The highest BCUT2D eigenvalue weighted by atomic mass is 79.9. The number of aromatic hydroxyl groups is 1. The Morgan fingerprint density at radius 1 is 0.920 bits per heavy atom. The molecule has 4 aromatic rings. The van der Waals surface area contributed by atoms with Crippen LogP contribution in [0.2, 0.25) is 0 Å². The SMILES string of the molecule is Oc1ccc(Br)cc1/C=N\Nc1c2ccccc2nc2ccccc12. The van der Waals surface area contributed by atoms with Crippen molar-refractivity contribution in [1.29, 1.82) is 0 Å². The molecule has 25 heavy (non-hydrogen) atoms. The molecule has 4 nitrogen and oxygen atoms in total. The minimum atomic E-state index is 0.179. The van der Waals surface area contributed by atoms with Gasteiger partial charge >= 0.3 is 0 Å². The third-order valence-electron chi connectivity index (χ3n) is 3.96. The summed E-state index contributed by atoms with van der Waals surface area (Å²) in [6, 6.07) is 21.1. The van der Waals surface area contributed by atoms with Gasteiger partial charge in [-0.1, -0.05) is 52.3 Å². The van der Waals surface area contributed by atoms with Crippen LogP contribution in [0.3, 0.4) is 0 Å². The summed E-state index contributed by atoms with van der Waals surface area (Å²) in [4.78, 5) is 4.69. The number of hydrogen-bond donors (Lipinski definition) is 2. The van der Waals surface area contributed by atoms with E-state index in [0.29, 0.717) is 5.56 Å². The lowest BCUT2D eigenvalue weighted by molar-refractivity contribution is 0.474. The summed E-state index contributed by atoms with van der Waals surface area (Å²) in [5, 5.41) is 16.3. The zero-order chi connectivity index (χ0) is 17.2. The molecule has 0 aliphatic carbocycles. The fraction of sp³-hybridized carbons (Fsp3) is 0. The summed E-state index contributed by atoms with van der Waals surface area (Å²) < 4.78 is 0.881. The van der Waals surface area contributed by atoms with Crippen LogP contribution in [0.5, 0.6) is 5.75 Å². The number of hydrazone groups is 1. The molecule has 0 saturated carbocycles. The second-order valence-corrected chi connectivity index (χ2v) is 6.51. The highest BCUT2D eigenvalue weighted by molar-refractivity contribution is 9.10. The van der Waals surface area contributed by atoms with Crippen LogP contribution in [-0.4, -0.2) is 16.3 Å². The van der Waals surface area contributed by atoms with Crippen LogP contribution in [0.4, 0.5) is 5.69 Å². The van der Waals surface area contributed by atoms with E-state index in [-0.39, 0.29) is 5.75 Å². The van der Waals surface area contributed by atoms with Crippen molar-refractivity contribution < 1.29 is 5.11 Å². The van der Waals surface area contributed by atoms with Crippen molar-refractivity contribution in [2.45, 2.75) is 0 Å². The number of hydrogen-bond acceptors (Lipinski definition) is 4.